The topological polar surface area (TPSA) is 90.7 Å². The van der Waals surface area contributed by atoms with Gasteiger partial charge in [0.2, 0.25) is 0 Å². The largest absolute Gasteiger partial charge is 0.506 e. The normalized spacial score (nSPS) is 9.65. The molecule has 0 aromatic carbocycles. The zero-order valence-electron chi connectivity index (χ0n) is 9.04. The summed E-state index contributed by atoms with van der Waals surface area (Å²) in [6.45, 7) is 3.13. The molecule has 6 heteroatoms. The van der Waals surface area contributed by atoms with Gasteiger partial charge in [-0.2, -0.15) is 0 Å². The molecule has 0 spiro atoms. The number of carbonyl (C=O) groups is 2. The summed E-state index contributed by atoms with van der Waals surface area (Å²) in [6, 6.07) is 1.23. The fourth-order valence-electron chi connectivity index (χ4n) is 1.27. The van der Waals surface area contributed by atoms with Gasteiger partial charge in [0.1, 0.15) is 12.3 Å². The van der Waals surface area contributed by atoms with Crippen LogP contribution in [0.25, 0.3) is 0 Å². The molecule has 0 saturated heterocycles. The molecule has 0 aliphatic heterocycles. The molecule has 90 valence electrons. The Morgan fingerprint density at radius 1 is 1.47 bits per heavy atom. The minimum atomic E-state index is -1.12. The summed E-state index contributed by atoms with van der Waals surface area (Å²) in [5.41, 5.74) is 0.133. The maximum atomic E-state index is 11.9. The Bertz CT molecular complexity index is 445. The fourth-order valence-corrected chi connectivity index (χ4v) is 1.27. The Hall–Kier alpha value is -2.37. The van der Waals surface area contributed by atoms with E-state index in [0.29, 0.717) is 0 Å². The van der Waals surface area contributed by atoms with Crippen LogP contribution >= 0.6 is 0 Å². The van der Waals surface area contributed by atoms with E-state index in [4.69, 9.17) is 5.11 Å². The van der Waals surface area contributed by atoms with Gasteiger partial charge in [-0.3, -0.25) is 14.6 Å². The van der Waals surface area contributed by atoms with Gasteiger partial charge in [0.05, 0.1) is 11.8 Å². The summed E-state index contributed by atoms with van der Waals surface area (Å²) in [5, 5.41) is 17.9. The Balaban J connectivity index is 2.90. The van der Waals surface area contributed by atoms with E-state index in [1.54, 1.807) is 0 Å². The summed E-state index contributed by atoms with van der Waals surface area (Å²) in [5.74, 6) is -1.78. The molecule has 1 aromatic rings. The van der Waals surface area contributed by atoms with Crippen LogP contribution in [-0.4, -0.2) is 45.1 Å². The lowest BCUT2D eigenvalue weighted by Crippen LogP contribution is -2.35. The Morgan fingerprint density at radius 2 is 2.18 bits per heavy atom. The number of hydrogen-bond acceptors (Lipinski definition) is 4. The smallest absolute Gasteiger partial charge is 0.323 e. The molecule has 0 aliphatic rings. The number of pyridine rings is 1. The highest BCUT2D eigenvalue weighted by molar-refractivity contribution is 5.95. The molecule has 1 heterocycles. The zero-order chi connectivity index (χ0) is 12.8. The van der Waals surface area contributed by atoms with Crippen LogP contribution in [0.3, 0.4) is 0 Å². The average molecular weight is 236 g/mol. The summed E-state index contributed by atoms with van der Waals surface area (Å²) in [4.78, 5) is 27.2. The van der Waals surface area contributed by atoms with E-state index >= 15 is 0 Å². The van der Waals surface area contributed by atoms with E-state index < -0.39 is 18.4 Å². The third kappa shape index (κ3) is 3.60. The van der Waals surface area contributed by atoms with Gasteiger partial charge < -0.3 is 15.1 Å². The lowest BCUT2D eigenvalue weighted by molar-refractivity contribution is -0.137. The molecule has 0 aliphatic carbocycles. The number of carboxylic acid groups (broad SMARTS) is 1. The van der Waals surface area contributed by atoms with Gasteiger partial charge in [0.15, 0.2) is 0 Å². The van der Waals surface area contributed by atoms with Gasteiger partial charge in [0, 0.05) is 12.7 Å². The van der Waals surface area contributed by atoms with Gasteiger partial charge in [-0.05, 0) is 6.07 Å². The number of nitrogens with zero attached hydrogens (tertiary/aromatic N) is 2. The molecule has 0 unspecified atom stereocenters. The Kier molecular flexibility index (Phi) is 4.21. The number of aromatic nitrogens is 1. The van der Waals surface area contributed by atoms with Gasteiger partial charge in [-0.15, -0.1) is 6.58 Å². The van der Waals surface area contributed by atoms with E-state index in [1.807, 2.05) is 0 Å². The van der Waals surface area contributed by atoms with Crippen molar-refractivity contribution in [1.29, 1.82) is 0 Å². The van der Waals surface area contributed by atoms with Crippen LogP contribution in [0.1, 0.15) is 10.4 Å². The van der Waals surface area contributed by atoms with Gasteiger partial charge >= 0.3 is 5.97 Å². The van der Waals surface area contributed by atoms with Crippen molar-refractivity contribution in [2.24, 2.45) is 0 Å². The Morgan fingerprint density at radius 3 is 2.71 bits per heavy atom. The lowest BCUT2D eigenvalue weighted by Gasteiger charge is -2.18. The zero-order valence-corrected chi connectivity index (χ0v) is 9.04. The van der Waals surface area contributed by atoms with Crippen molar-refractivity contribution in [1.82, 2.24) is 9.88 Å². The highest BCUT2D eigenvalue weighted by Crippen LogP contribution is 2.11. The summed E-state index contributed by atoms with van der Waals surface area (Å²) in [6.07, 6.45) is 3.88. The number of hydrogen-bond donors (Lipinski definition) is 2. The predicted molar refractivity (Wildman–Crippen MR) is 59.6 cm³/mol. The van der Waals surface area contributed by atoms with Crippen molar-refractivity contribution in [2.75, 3.05) is 13.1 Å². The number of aliphatic carboxylic acids is 1. The van der Waals surface area contributed by atoms with Crippen LogP contribution in [0.4, 0.5) is 0 Å². The molecule has 0 bridgehead atoms. The molecule has 2 N–H and O–H groups in total. The molecule has 0 radical (unpaired) electrons. The second-order valence-electron chi connectivity index (χ2n) is 3.30. The quantitative estimate of drug-likeness (QED) is 0.726. The number of rotatable bonds is 5. The third-order valence-electron chi connectivity index (χ3n) is 1.93. The molecule has 0 saturated carbocycles. The first-order chi connectivity index (χ1) is 8.04. The van der Waals surface area contributed by atoms with Crippen LogP contribution < -0.4 is 0 Å². The lowest BCUT2D eigenvalue weighted by atomic mass is 10.2. The van der Waals surface area contributed by atoms with Crippen molar-refractivity contribution in [2.45, 2.75) is 0 Å². The van der Waals surface area contributed by atoms with Crippen LogP contribution in [0.5, 0.6) is 5.75 Å². The second kappa shape index (κ2) is 5.64. The third-order valence-corrected chi connectivity index (χ3v) is 1.93. The van der Waals surface area contributed by atoms with Crippen molar-refractivity contribution < 1.29 is 19.8 Å². The maximum Gasteiger partial charge on any atom is 0.323 e. The minimum Gasteiger partial charge on any atom is -0.506 e. The first kappa shape index (κ1) is 12.7. The van der Waals surface area contributed by atoms with Crippen LogP contribution in [0.2, 0.25) is 0 Å². The standard InChI is InChI=1S/C11H12N2O4/c1-2-3-13(7-10(15)16)11(17)8-4-9(14)6-12-5-8/h2,4-6,14H,1,3,7H2,(H,15,16). The van der Waals surface area contributed by atoms with Crippen LogP contribution in [-0.2, 0) is 4.79 Å². The van der Waals surface area contributed by atoms with Gasteiger partial charge in [-0.1, -0.05) is 6.08 Å². The molecule has 0 fully saturated rings. The Labute approximate surface area is 97.8 Å². The monoisotopic (exact) mass is 236 g/mol. The second-order valence-corrected chi connectivity index (χ2v) is 3.30. The SMILES string of the molecule is C=CCN(CC(=O)O)C(=O)c1cncc(O)c1. The minimum absolute atomic E-state index is 0.112. The summed E-state index contributed by atoms with van der Waals surface area (Å²) >= 11 is 0. The van der Waals surface area contributed by atoms with E-state index in [0.717, 1.165) is 4.90 Å². The molecule has 1 aromatic heterocycles. The molecule has 1 rings (SSSR count). The summed E-state index contributed by atoms with van der Waals surface area (Å²) < 4.78 is 0. The fraction of sp³-hybridized carbons (Fsp3) is 0.182. The van der Waals surface area contributed by atoms with E-state index in [1.165, 1.54) is 24.5 Å². The van der Waals surface area contributed by atoms with Crippen molar-refractivity contribution in [3.63, 3.8) is 0 Å². The molecular weight excluding hydrogens is 224 g/mol. The van der Waals surface area contributed by atoms with Gasteiger partial charge in [0.25, 0.3) is 5.91 Å². The highest BCUT2D eigenvalue weighted by atomic mass is 16.4. The number of amides is 1. The first-order valence-corrected chi connectivity index (χ1v) is 4.80. The van der Waals surface area contributed by atoms with E-state index in [2.05, 4.69) is 11.6 Å². The highest BCUT2D eigenvalue weighted by Gasteiger charge is 2.17. The van der Waals surface area contributed by atoms with Crippen molar-refractivity contribution in [3.05, 3.63) is 36.7 Å². The van der Waals surface area contributed by atoms with E-state index in [-0.39, 0.29) is 17.9 Å². The number of carboxylic acids is 1. The first-order valence-electron chi connectivity index (χ1n) is 4.80. The molecule has 1 amide bonds. The van der Waals surface area contributed by atoms with Gasteiger partial charge in [-0.25, -0.2) is 0 Å². The molecule has 17 heavy (non-hydrogen) atoms. The summed E-state index contributed by atoms with van der Waals surface area (Å²) in [7, 11) is 0. The molecule has 0 atom stereocenters. The molecule has 6 nitrogen and oxygen atoms in total. The van der Waals surface area contributed by atoms with Crippen molar-refractivity contribution >= 4 is 11.9 Å². The molecular formula is C11H12N2O4. The number of aromatic hydroxyl groups is 1. The number of carbonyl (C=O) groups excluding carboxylic acids is 1. The predicted octanol–water partition coefficient (Wildman–Crippen LogP) is 0.500. The maximum absolute atomic E-state index is 11.9. The van der Waals surface area contributed by atoms with Crippen molar-refractivity contribution in [3.8, 4) is 5.75 Å². The van der Waals surface area contributed by atoms with E-state index in [9.17, 15) is 14.7 Å². The van der Waals surface area contributed by atoms with Crippen LogP contribution in [0.15, 0.2) is 31.1 Å². The average Bonchev–Trinajstić information content (AvgIpc) is 2.27. The van der Waals surface area contributed by atoms with Crippen LogP contribution in [0, 0.1) is 0 Å².